The molecule has 0 saturated heterocycles. The third kappa shape index (κ3) is 5.82. The number of rotatable bonds is 7. The Kier molecular flexibility index (Phi) is 8.21. The highest BCUT2D eigenvalue weighted by Crippen LogP contribution is 2.38. The maximum Gasteiger partial charge on any atom is 0.274 e. The Labute approximate surface area is 212 Å². The SMILES string of the molecule is COCCc1cc(F)c(-c2nc(C(=O)Nc3cnccc3[C@H]3C[C@@H](N)[C@H](O)[C@@H](C)C3)ccc2F)c(F)c1. The number of hydrogen-bond acceptors (Lipinski definition) is 6. The van der Waals surface area contributed by atoms with E-state index in [0.29, 0.717) is 24.1 Å². The average Bonchev–Trinajstić information content (AvgIpc) is 2.86. The average molecular weight is 515 g/mol. The van der Waals surface area contributed by atoms with Gasteiger partial charge >= 0.3 is 0 Å². The van der Waals surface area contributed by atoms with E-state index in [1.165, 1.54) is 13.3 Å². The van der Waals surface area contributed by atoms with Gasteiger partial charge in [-0.3, -0.25) is 9.78 Å². The Morgan fingerprint density at radius 1 is 1.16 bits per heavy atom. The summed E-state index contributed by atoms with van der Waals surface area (Å²) < 4.78 is 49.2. The van der Waals surface area contributed by atoms with Gasteiger partial charge in [0.1, 0.15) is 28.8 Å². The van der Waals surface area contributed by atoms with E-state index < -0.39 is 46.8 Å². The summed E-state index contributed by atoms with van der Waals surface area (Å²) >= 11 is 0. The summed E-state index contributed by atoms with van der Waals surface area (Å²) in [4.78, 5) is 21.1. The largest absolute Gasteiger partial charge is 0.391 e. The molecule has 4 rings (SSSR count). The smallest absolute Gasteiger partial charge is 0.274 e. The van der Waals surface area contributed by atoms with Crippen LogP contribution < -0.4 is 11.1 Å². The number of aromatic nitrogens is 2. The van der Waals surface area contributed by atoms with Crippen LogP contribution in [0.2, 0.25) is 0 Å². The summed E-state index contributed by atoms with van der Waals surface area (Å²) in [6.45, 7) is 2.19. The maximum absolute atomic E-state index is 14.8. The molecule has 4 atom stereocenters. The summed E-state index contributed by atoms with van der Waals surface area (Å²) in [5.41, 5.74) is 6.20. The topological polar surface area (TPSA) is 110 Å². The number of carbonyl (C=O) groups is 1. The van der Waals surface area contributed by atoms with Crippen LogP contribution in [0.15, 0.2) is 42.7 Å². The number of halogens is 3. The highest BCUT2D eigenvalue weighted by molar-refractivity contribution is 6.03. The van der Waals surface area contributed by atoms with Crippen molar-refractivity contribution in [1.29, 1.82) is 0 Å². The molecule has 0 aliphatic heterocycles. The van der Waals surface area contributed by atoms with Crippen molar-refractivity contribution < 1.29 is 27.8 Å². The molecule has 1 aromatic carbocycles. The summed E-state index contributed by atoms with van der Waals surface area (Å²) in [6.07, 6.45) is 3.95. The Hall–Kier alpha value is -3.34. The number of methoxy groups -OCH3 is 1. The molecule has 1 aliphatic rings. The van der Waals surface area contributed by atoms with Crippen molar-refractivity contribution >= 4 is 11.6 Å². The van der Waals surface area contributed by atoms with Gasteiger partial charge in [-0.2, -0.15) is 0 Å². The number of anilines is 1. The van der Waals surface area contributed by atoms with Gasteiger partial charge < -0.3 is 20.9 Å². The van der Waals surface area contributed by atoms with Gasteiger partial charge in [0.2, 0.25) is 0 Å². The Morgan fingerprint density at radius 2 is 1.89 bits per heavy atom. The van der Waals surface area contributed by atoms with E-state index >= 15 is 0 Å². The molecular formula is C27H29F3N4O3. The first kappa shape index (κ1) is 26.7. The number of ether oxygens (including phenoxy) is 1. The second-order valence-electron chi connectivity index (χ2n) is 9.42. The minimum absolute atomic E-state index is 0.0248. The van der Waals surface area contributed by atoms with Gasteiger partial charge in [0.05, 0.1) is 30.2 Å². The van der Waals surface area contributed by atoms with Crippen LogP contribution in [0.5, 0.6) is 0 Å². The number of aliphatic hydroxyl groups is 1. The normalized spacial score (nSPS) is 21.6. The molecule has 0 radical (unpaired) electrons. The summed E-state index contributed by atoms with van der Waals surface area (Å²) in [5.74, 6) is -3.70. The van der Waals surface area contributed by atoms with Crippen LogP contribution in [0.1, 0.15) is 47.3 Å². The summed E-state index contributed by atoms with van der Waals surface area (Å²) in [6, 6.07) is 5.65. The number of nitrogens with one attached hydrogen (secondary N) is 1. The van der Waals surface area contributed by atoms with Crippen molar-refractivity contribution in [3.8, 4) is 11.3 Å². The quantitative estimate of drug-likeness (QED) is 0.436. The number of nitrogens with two attached hydrogens (primary N) is 1. The van der Waals surface area contributed by atoms with Gasteiger partial charge in [0.15, 0.2) is 0 Å². The predicted molar refractivity (Wildman–Crippen MR) is 132 cm³/mol. The van der Waals surface area contributed by atoms with Crippen molar-refractivity contribution in [3.05, 3.63) is 77.0 Å². The number of aliphatic hydroxyl groups excluding tert-OH is 1. The first-order valence-corrected chi connectivity index (χ1v) is 12.0. The fraction of sp³-hybridized carbons (Fsp3) is 0.370. The lowest BCUT2D eigenvalue weighted by atomic mass is 9.74. The molecule has 2 heterocycles. The molecule has 0 unspecified atom stereocenters. The van der Waals surface area contributed by atoms with E-state index in [-0.39, 0.29) is 30.6 Å². The van der Waals surface area contributed by atoms with Crippen LogP contribution in [0.4, 0.5) is 18.9 Å². The van der Waals surface area contributed by atoms with Crippen molar-refractivity contribution in [2.75, 3.05) is 19.0 Å². The van der Waals surface area contributed by atoms with Crippen LogP contribution in [0.25, 0.3) is 11.3 Å². The zero-order chi connectivity index (χ0) is 26.7. The third-order valence-corrected chi connectivity index (χ3v) is 6.79. The minimum Gasteiger partial charge on any atom is -0.391 e. The van der Waals surface area contributed by atoms with E-state index in [2.05, 4.69) is 15.3 Å². The molecule has 1 fully saturated rings. The van der Waals surface area contributed by atoms with Crippen LogP contribution in [0.3, 0.4) is 0 Å². The van der Waals surface area contributed by atoms with Crippen LogP contribution in [-0.2, 0) is 11.2 Å². The van der Waals surface area contributed by atoms with Gasteiger partial charge in [-0.15, -0.1) is 0 Å². The molecule has 0 spiro atoms. The zero-order valence-electron chi connectivity index (χ0n) is 20.5. The predicted octanol–water partition coefficient (Wildman–Crippen LogP) is 4.20. The lowest BCUT2D eigenvalue weighted by molar-refractivity contribution is 0.0521. The zero-order valence-corrected chi connectivity index (χ0v) is 20.5. The third-order valence-electron chi connectivity index (χ3n) is 6.79. The minimum atomic E-state index is -0.991. The lowest BCUT2D eigenvalue weighted by Gasteiger charge is -2.36. The lowest BCUT2D eigenvalue weighted by Crippen LogP contribution is -2.44. The number of amides is 1. The van der Waals surface area contributed by atoms with Crippen molar-refractivity contribution in [2.24, 2.45) is 11.7 Å². The Morgan fingerprint density at radius 3 is 2.57 bits per heavy atom. The fourth-order valence-electron chi connectivity index (χ4n) is 4.84. The van der Waals surface area contributed by atoms with Crippen molar-refractivity contribution in [1.82, 2.24) is 9.97 Å². The van der Waals surface area contributed by atoms with Crippen LogP contribution in [0, 0.1) is 23.4 Å². The van der Waals surface area contributed by atoms with E-state index in [4.69, 9.17) is 10.5 Å². The van der Waals surface area contributed by atoms with Crippen LogP contribution in [-0.4, -0.2) is 46.8 Å². The Balaban J connectivity index is 1.61. The summed E-state index contributed by atoms with van der Waals surface area (Å²) in [7, 11) is 1.47. The van der Waals surface area contributed by atoms with Gasteiger partial charge in [0.25, 0.3) is 5.91 Å². The van der Waals surface area contributed by atoms with E-state index in [1.54, 1.807) is 12.3 Å². The molecule has 196 valence electrons. The molecule has 3 aromatic rings. The highest BCUT2D eigenvalue weighted by Gasteiger charge is 2.34. The summed E-state index contributed by atoms with van der Waals surface area (Å²) in [5, 5.41) is 12.9. The molecule has 37 heavy (non-hydrogen) atoms. The molecule has 1 saturated carbocycles. The molecule has 1 amide bonds. The van der Waals surface area contributed by atoms with E-state index in [9.17, 15) is 23.1 Å². The molecule has 7 nitrogen and oxygen atoms in total. The van der Waals surface area contributed by atoms with Crippen LogP contribution >= 0.6 is 0 Å². The number of nitrogens with zero attached hydrogens (tertiary/aromatic N) is 2. The molecular weight excluding hydrogens is 485 g/mol. The Bertz CT molecular complexity index is 1250. The number of hydrogen-bond donors (Lipinski definition) is 3. The monoisotopic (exact) mass is 514 g/mol. The van der Waals surface area contributed by atoms with Crippen molar-refractivity contribution in [3.63, 3.8) is 0 Å². The second kappa shape index (κ2) is 11.4. The number of benzene rings is 1. The number of pyridine rings is 2. The molecule has 2 aromatic heterocycles. The highest BCUT2D eigenvalue weighted by atomic mass is 19.1. The first-order chi connectivity index (χ1) is 17.7. The molecule has 10 heteroatoms. The van der Waals surface area contributed by atoms with Crippen molar-refractivity contribution in [2.45, 2.75) is 44.2 Å². The van der Waals surface area contributed by atoms with Gasteiger partial charge in [-0.1, -0.05) is 6.92 Å². The maximum atomic E-state index is 14.8. The first-order valence-electron chi connectivity index (χ1n) is 12.0. The molecule has 0 bridgehead atoms. The van der Waals surface area contributed by atoms with Gasteiger partial charge in [0, 0.05) is 19.3 Å². The standard InChI is InChI=1S/C27H29F3N4O3/c1-14-9-16(12-21(31)26(14)35)17-5-7-32-13-23(17)34-27(36)22-4-3-18(28)25(33-22)24-19(29)10-15(6-8-37-2)11-20(24)30/h3-5,7,10-11,13-14,16,21,26,35H,6,8-9,12,31H2,1-2H3,(H,34,36)/t14-,16+,21+,26+/m0/s1. The fourth-order valence-corrected chi connectivity index (χ4v) is 4.84. The molecule has 1 aliphatic carbocycles. The number of carbonyl (C=O) groups excluding carboxylic acids is 1. The second-order valence-corrected chi connectivity index (χ2v) is 9.42. The van der Waals surface area contributed by atoms with Gasteiger partial charge in [-0.25, -0.2) is 18.2 Å². The van der Waals surface area contributed by atoms with E-state index in [0.717, 1.165) is 29.8 Å². The molecule has 4 N–H and O–H groups in total. The van der Waals surface area contributed by atoms with E-state index in [1.807, 2.05) is 6.92 Å². The van der Waals surface area contributed by atoms with Gasteiger partial charge in [-0.05, 0) is 72.6 Å².